The summed E-state index contributed by atoms with van der Waals surface area (Å²) in [6, 6.07) is 12.0. The number of carbonyl (C=O) groups is 2. The van der Waals surface area contributed by atoms with Gasteiger partial charge < -0.3 is 10.2 Å². The number of fused-ring (bicyclic) bond motifs is 1. The highest BCUT2D eigenvalue weighted by Crippen LogP contribution is 2.38. The smallest absolute Gasteiger partial charge is 0.236 e. The number of piperidine rings is 1. The average Bonchev–Trinajstić information content (AvgIpc) is 3.13. The summed E-state index contributed by atoms with van der Waals surface area (Å²) >= 11 is 1.65. The van der Waals surface area contributed by atoms with E-state index in [4.69, 9.17) is 0 Å². The second-order valence-electron chi connectivity index (χ2n) is 7.20. The Morgan fingerprint density at radius 3 is 2.89 bits per heavy atom. The van der Waals surface area contributed by atoms with Gasteiger partial charge in [-0.3, -0.25) is 9.59 Å². The monoisotopic (exact) mass is 381 g/mol. The Bertz CT molecular complexity index is 845. The van der Waals surface area contributed by atoms with E-state index in [1.165, 1.54) is 10.5 Å². The first-order valence-electron chi connectivity index (χ1n) is 9.37. The molecule has 3 heterocycles. The highest BCUT2D eigenvalue weighted by atomic mass is 32.2. The lowest BCUT2D eigenvalue weighted by Crippen LogP contribution is -2.46. The zero-order valence-corrected chi connectivity index (χ0v) is 16.2. The van der Waals surface area contributed by atoms with E-state index in [0.717, 1.165) is 31.4 Å². The molecule has 2 unspecified atom stereocenters. The average molecular weight is 382 g/mol. The number of rotatable bonds is 3. The van der Waals surface area contributed by atoms with Crippen LogP contribution in [0.15, 0.2) is 47.5 Å². The van der Waals surface area contributed by atoms with Crippen LogP contribution in [0.1, 0.15) is 24.0 Å². The van der Waals surface area contributed by atoms with E-state index in [2.05, 4.69) is 22.4 Å². The first kappa shape index (κ1) is 18.0. The van der Waals surface area contributed by atoms with Crippen molar-refractivity contribution in [3.63, 3.8) is 0 Å². The van der Waals surface area contributed by atoms with Crippen molar-refractivity contribution in [3.8, 4) is 0 Å². The number of pyridine rings is 1. The molecule has 2 aromatic rings. The number of hydrogen-bond donors (Lipinski definition) is 1. The molecule has 4 rings (SSSR count). The van der Waals surface area contributed by atoms with Crippen LogP contribution >= 0.6 is 11.8 Å². The highest BCUT2D eigenvalue weighted by molar-refractivity contribution is 8.01. The summed E-state index contributed by atoms with van der Waals surface area (Å²) < 4.78 is 0. The van der Waals surface area contributed by atoms with Gasteiger partial charge in [-0.15, -0.1) is 11.8 Å². The molecule has 1 saturated heterocycles. The van der Waals surface area contributed by atoms with Crippen molar-refractivity contribution >= 4 is 29.4 Å². The second-order valence-corrected chi connectivity index (χ2v) is 8.44. The van der Waals surface area contributed by atoms with Crippen molar-refractivity contribution < 1.29 is 9.59 Å². The topological polar surface area (TPSA) is 62.3 Å². The first-order chi connectivity index (χ1) is 13.1. The van der Waals surface area contributed by atoms with Gasteiger partial charge in [0.2, 0.25) is 11.8 Å². The number of anilines is 1. The van der Waals surface area contributed by atoms with Gasteiger partial charge in [-0.25, -0.2) is 4.98 Å². The van der Waals surface area contributed by atoms with Gasteiger partial charge in [-0.1, -0.05) is 24.3 Å². The predicted molar refractivity (Wildman–Crippen MR) is 107 cm³/mol. The van der Waals surface area contributed by atoms with Crippen molar-refractivity contribution in [2.24, 2.45) is 5.92 Å². The largest absolute Gasteiger partial charge is 0.341 e. The van der Waals surface area contributed by atoms with Crippen molar-refractivity contribution in [2.75, 3.05) is 18.4 Å². The molecule has 0 spiro atoms. The summed E-state index contributed by atoms with van der Waals surface area (Å²) in [7, 11) is 0. The summed E-state index contributed by atoms with van der Waals surface area (Å²) in [6.07, 6.45) is 4.11. The molecule has 1 aromatic carbocycles. The first-order valence-corrected chi connectivity index (χ1v) is 10.3. The number of aryl methyl sites for hydroxylation is 1. The Hall–Kier alpha value is -2.34. The lowest BCUT2D eigenvalue weighted by atomic mass is 9.96. The number of aromatic nitrogens is 1. The number of hydrogen-bond acceptors (Lipinski definition) is 4. The van der Waals surface area contributed by atoms with Crippen LogP contribution in [0.5, 0.6) is 0 Å². The number of amides is 2. The van der Waals surface area contributed by atoms with E-state index in [1.54, 1.807) is 18.0 Å². The quantitative estimate of drug-likeness (QED) is 0.886. The van der Waals surface area contributed by atoms with Crippen molar-refractivity contribution in [3.05, 3.63) is 53.7 Å². The van der Waals surface area contributed by atoms with Gasteiger partial charge in [-0.2, -0.15) is 0 Å². The van der Waals surface area contributed by atoms with Gasteiger partial charge in [0.15, 0.2) is 0 Å². The van der Waals surface area contributed by atoms with Crippen molar-refractivity contribution in [1.29, 1.82) is 0 Å². The molecule has 1 aromatic heterocycles. The number of benzene rings is 1. The fourth-order valence-corrected chi connectivity index (χ4v) is 5.03. The van der Waals surface area contributed by atoms with Crippen LogP contribution in [-0.2, 0) is 16.0 Å². The second kappa shape index (κ2) is 7.72. The van der Waals surface area contributed by atoms with Crippen LogP contribution in [0.4, 0.5) is 5.82 Å². The Morgan fingerprint density at radius 2 is 2.07 bits per heavy atom. The maximum atomic E-state index is 13.0. The molecule has 5 nitrogen and oxygen atoms in total. The maximum Gasteiger partial charge on any atom is 0.236 e. The molecule has 27 heavy (non-hydrogen) atoms. The lowest BCUT2D eigenvalue weighted by Gasteiger charge is -2.33. The molecule has 0 saturated carbocycles. The summed E-state index contributed by atoms with van der Waals surface area (Å²) in [4.78, 5) is 33.0. The number of nitrogens with one attached hydrogen (secondary N) is 1. The van der Waals surface area contributed by atoms with E-state index in [9.17, 15) is 9.59 Å². The van der Waals surface area contributed by atoms with Crippen LogP contribution < -0.4 is 5.32 Å². The predicted octanol–water partition coefficient (Wildman–Crippen LogP) is 3.28. The van der Waals surface area contributed by atoms with Gasteiger partial charge in [0.1, 0.15) is 5.82 Å². The maximum absolute atomic E-state index is 13.0. The van der Waals surface area contributed by atoms with Crippen molar-refractivity contribution in [2.45, 2.75) is 36.3 Å². The molecular formula is C21H23N3O2S. The molecule has 0 aliphatic carbocycles. The van der Waals surface area contributed by atoms with Crippen LogP contribution in [0.2, 0.25) is 0 Å². The van der Waals surface area contributed by atoms with E-state index < -0.39 is 0 Å². The third-order valence-electron chi connectivity index (χ3n) is 5.28. The highest BCUT2D eigenvalue weighted by Gasteiger charge is 2.35. The van der Waals surface area contributed by atoms with Gasteiger partial charge in [0, 0.05) is 24.2 Å². The zero-order chi connectivity index (χ0) is 18.8. The third-order valence-corrected chi connectivity index (χ3v) is 6.58. The number of thioether (sulfide) groups is 1. The molecular weight excluding hydrogens is 358 g/mol. The van der Waals surface area contributed by atoms with E-state index in [1.807, 2.05) is 36.1 Å². The molecule has 2 aliphatic heterocycles. The van der Waals surface area contributed by atoms with Crippen LogP contribution in [-0.4, -0.2) is 40.0 Å². The minimum atomic E-state index is -0.183. The van der Waals surface area contributed by atoms with Crippen LogP contribution in [0.3, 0.4) is 0 Å². The Balaban J connectivity index is 1.39. The molecule has 1 N–H and O–H groups in total. The van der Waals surface area contributed by atoms with Gasteiger partial charge in [-0.05, 0) is 49.4 Å². The Kier molecular flexibility index (Phi) is 5.16. The fraction of sp³-hybridized carbons (Fsp3) is 0.381. The van der Waals surface area contributed by atoms with Gasteiger partial charge >= 0.3 is 0 Å². The summed E-state index contributed by atoms with van der Waals surface area (Å²) in [5.41, 5.74) is 2.19. The Labute approximate surface area is 163 Å². The molecule has 2 amide bonds. The molecule has 140 valence electrons. The number of likely N-dealkylation sites (tertiary alicyclic amines) is 1. The Morgan fingerprint density at radius 1 is 1.22 bits per heavy atom. The van der Waals surface area contributed by atoms with Gasteiger partial charge in [0.25, 0.3) is 0 Å². The molecule has 1 fully saturated rings. The van der Waals surface area contributed by atoms with Crippen LogP contribution in [0.25, 0.3) is 0 Å². The SMILES string of the molecule is Cc1cccnc1NC(=O)C1CCCN(C(=O)C2Cc3ccccc3S2)C1. The van der Waals surface area contributed by atoms with E-state index in [-0.39, 0.29) is 23.0 Å². The standard InChI is InChI=1S/C21H23N3O2S/c1-14-6-4-10-22-19(14)23-20(25)16-8-5-11-24(13-16)21(26)18-12-15-7-2-3-9-17(15)27-18/h2-4,6-7,9-10,16,18H,5,8,11-13H2,1H3,(H,22,23,25). The summed E-state index contributed by atoms with van der Waals surface area (Å²) in [5.74, 6) is 0.532. The zero-order valence-electron chi connectivity index (χ0n) is 15.4. The van der Waals surface area contributed by atoms with Gasteiger partial charge in [0.05, 0.1) is 11.2 Å². The minimum Gasteiger partial charge on any atom is -0.341 e. The minimum absolute atomic E-state index is 0.0448. The fourth-order valence-electron chi connectivity index (χ4n) is 3.75. The third kappa shape index (κ3) is 3.86. The molecule has 6 heteroatoms. The van der Waals surface area contributed by atoms with E-state index >= 15 is 0 Å². The van der Waals surface area contributed by atoms with Crippen molar-refractivity contribution in [1.82, 2.24) is 9.88 Å². The summed E-state index contributed by atoms with van der Waals surface area (Å²) in [6.45, 7) is 3.15. The lowest BCUT2D eigenvalue weighted by molar-refractivity contribution is -0.134. The molecule has 0 bridgehead atoms. The van der Waals surface area contributed by atoms with Crippen LogP contribution in [0, 0.1) is 12.8 Å². The molecule has 2 atom stereocenters. The number of carbonyl (C=O) groups excluding carboxylic acids is 2. The normalized spacial score (nSPS) is 21.6. The molecule has 2 aliphatic rings. The van der Waals surface area contributed by atoms with E-state index in [0.29, 0.717) is 12.4 Å². The number of nitrogens with zero attached hydrogens (tertiary/aromatic N) is 2. The molecule has 0 radical (unpaired) electrons. The summed E-state index contributed by atoms with van der Waals surface area (Å²) in [5, 5.41) is 2.86.